The average Bonchev–Trinajstić information content (AvgIpc) is 2.42. The van der Waals surface area contributed by atoms with Gasteiger partial charge in [0.15, 0.2) is 5.11 Å². The molecule has 7 heteroatoms. The number of nitrogens with zero attached hydrogens (tertiary/aromatic N) is 2. The number of rotatable bonds is 3. The highest BCUT2D eigenvalue weighted by atomic mass is 32.1. The smallest absolute Gasteiger partial charge is 0.287 e. The molecule has 0 fully saturated rings. The Hall–Kier alpha value is -2.54. The maximum absolute atomic E-state index is 10.5. The van der Waals surface area contributed by atoms with Gasteiger partial charge >= 0.3 is 0 Å². The van der Waals surface area contributed by atoms with Crippen molar-refractivity contribution in [1.82, 2.24) is 4.98 Å². The van der Waals surface area contributed by atoms with Crippen molar-refractivity contribution < 1.29 is 4.92 Å². The number of hydrogen-bond donors (Lipinski definition) is 2. The molecule has 0 aliphatic heterocycles. The Morgan fingerprint density at radius 2 is 2.00 bits per heavy atom. The molecule has 0 aliphatic carbocycles. The van der Waals surface area contributed by atoms with Gasteiger partial charge in [-0.15, -0.1) is 0 Å². The molecule has 0 atom stereocenters. The first kappa shape index (κ1) is 13.9. The predicted molar refractivity (Wildman–Crippen MR) is 81.9 cm³/mol. The quantitative estimate of drug-likeness (QED) is 0.513. The van der Waals surface area contributed by atoms with Crippen molar-refractivity contribution in [3.63, 3.8) is 0 Å². The molecule has 0 saturated heterocycles. The molecule has 0 unspecified atom stereocenters. The predicted octanol–water partition coefficient (Wildman–Crippen LogP) is 3.11. The van der Waals surface area contributed by atoms with Crippen LogP contribution < -0.4 is 10.6 Å². The number of nitro groups is 1. The van der Waals surface area contributed by atoms with Crippen LogP contribution in [0, 0.1) is 17.0 Å². The number of thiocarbonyl (C=S) groups is 1. The van der Waals surface area contributed by atoms with Gasteiger partial charge in [0, 0.05) is 11.8 Å². The lowest BCUT2D eigenvalue weighted by atomic mass is 10.2. The summed E-state index contributed by atoms with van der Waals surface area (Å²) in [6.07, 6.45) is 1.18. The first-order chi connectivity index (χ1) is 9.56. The third-order valence-electron chi connectivity index (χ3n) is 2.59. The van der Waals surface area contributed by atoms with E-state index in [9.17, 15) is 10.1 Å². The van der Waals surface area contributed by atoms with Gasteiger partial charge in [0.25, 0.3) is 5.69 Å². The minimum atomic E-state index is -0.499. The number of aromatic nitrogens is 1. The monoisotopic (exact) mass is 288 g/mol. The third kappa shape index (κ3) is 3.48. The molecule has 2 rings (SSSR count). The van der Waals surface area contributed by atoms with E-state index < -0.39 is 4.92 Å². The molecule has 0 saturated carbocycles. The van der Waals surface area contributed by atoms with Crippen molar-refractivity contribution >= 4 is 34.5 Å². The lowest BCUT2D eigenvalue weighted by molar-refractivity contribution is -0.385. The maximum Gasteiger partial charge on any atom is 0.287 e. The van der Waals surface area contributed by atoms with E-state index in [0.29, 0.717) is 10.9 Å². The van der Waals surface area contributed by atoms with Gasteiger partial charge < -0.3 is 10.6 Å². The topological polar surface area (TPSA) is 80.1 Å². The fourth-order valence-electron chi connectivity index (χ4n) is 1.55. The summed E-state index contributed by atoms with van der Waals surface area (Å²) in [4.78, 5) is 13.9. The van der Waals surface area contributed by atoms with Crippen LogP contribution in [0.5, 0.6) is 0 Å². The molecule has 102 valence electrons. The van der Waals surface area contributed by atoms with Gasteiger partial charge in [0.1, 0.15) is 12.0 Å². The number of para-hydroxylation sites is 1. The van der Waals surface area contributed by atoms with E-state index in [0.717, 1.165) is 11.3 Å². The van der Waals surface area contributed by atoms with Crippen LogP contribution in [-0.4, -0.2) is 15.0 Å². The molecular formula is C13H12N4O2S. The van der Waals surface area contributed by atoms with Gasteiger partial charge in [-0.05, 0) is 36.8 Å². The molecule has 1 aromatic carbocycles. The minimum Gasteiger partial charge on any atom is -0.332 e. The summed E-state index contributed by atoms with van der Waals surface area (Å²) in [6, 6.07) is 10.6. The molecular weight excluding hydrogens is 276 g/mol. The van der Waals surface area contributed by atoms with Crippen LogP contribution >= 0.6 is 12.2 Å². The highest BCUT2D eigenvalue weighted by Crippen LogP contribution is 2.15. The van der Waals surface area contributed by atoms with Crippen molar-refractivity contribution in [1.29, 1.82) is 0 Å². The zero-order valence-corrected chi connectivity index (χ0v) is 11.5. The van der Waals surface area contributed by atoms with Gasteiger partial charge in [-0.1, -0.05) is 18.2 Å². The summed E-state index contributed by atoms with van der Waals surface area (Å²) < 4.78 is 0. The van der Waals surface area contributed by atoms with Crippen molar-refractivity contribution in [2.45, 2.75) is 6.92 Å². The standard InChI is InChI=1S/C13H12N4O2S/c1-9-4-2-3-5-11(9)15-13(20)16-12-7-6-10(8-14-12)17(18)19/h2-8H,1H3,(H2,14,15,16,20). The Bertz CT molecular complexity index is 643. The van der Waals surface area contributed by atoms with Crippen LogP contribution in [0.3, 0.4) is 0 Å². The highest BCUT2D eigenvalue weighted by molar-refractivity contribution is 7.80. The Kier molecular flexibility index (Phi) is 4.21. The molecule has 0 radical (unpaired) electrons. The second kappa shape index (κ2) is 6.07. The van der Waals surface area contributed by atoms with Crippen molar-refractivity contribution in [2.75, 3.05) is 10.6 Å². The Morgan fingerprint density at radius 3 is 2.60 bits per heavy atom. The molecule has 1 heterocycles. The summed E-state index contributed by atoms with van der Waals surface area (Å²) >= 11 is 5.17. The molecule has 1 aromatic heterocycles. The molecule has 2 aromatic rings. The first-order valence-corrected chi connectivity index (χ1v) is 6.21. The Labute approximate surface area is 121 Å². The lowest BCUT2D eigenvalue weighted by Gasteiger charge is -2.11. The SMILES string of the molecule is Cc1ccccc1NC(=S)Nc1ccc([N+](=O)[O-])cn1. The van der Waals surface area contributed by atoms with Crippen LogP contribution in [0.15, 0.2) is 42.6 Å². The maximum atomic E-state index is 10.5. The van der Waals surface area contributed by atoms with E-state index in [1.807, 2.05) is 31.2 Å². The first-order valence-electron chi connectivity index (χ1n) is 5.80. The van der Waals surface area contributed by atoms with Crippen LogP contribution in [0.25, 0.3) is 0 Å². The van der Waals surface area contributed by atoms with E-state index in [1.54, 1.807) is 0 Å². The molecule has 0 amide bonds. The van der Waals surface area contributed by atoms with Crippen LogP contribution in [-0.2, 0) is 0 Å². The number of pyridine rings is 1. The molecule has 0 aliphatic rings. The molecule has 0 spiro atoms. The molecule has 2 N–H and O–H groups in total. The fourth-order valence-corrected chi connectivity index (χ4v) is 1.77. The van der Waals surface area contributed by atoms with Gasteiger partial charge in [-0.3, -0.25) is 10.1 Å². The Balaban J connectivity index is 2.01. The largest absolute Gasteiger partial charge is 0.332 e. The molecule has 20 heavy (non-hydrogen) atoms. The summed E-state index contributed by atoms with van der Waals surface area (Å²) in [5, 5.41) is 16.8. The lowest BCUT2D eigenvalue weighted by Crippen LogP contribution is -2.20. The third-order valence-corrected chi connectivity index (χ3v) is 2.80. The molecule has 0 bridgehead atoms. The summed E-state index contributed by atoms with van der Waals surface area (Å²) in [6.45, 7) is 1.97. The number of hydrogen-bond acceptors (Lipinski definition) is 4. The van der Waals surface area contributed by atoms with E-state index in [2.05, 4.69) is 15.6 Å². The van der Waals surface area contributed by atoms with Crippen molar-refractivity contribution in [2.24, 2.45) is 0 Å². The number of nitrogens with one attached hydrogen (secondary N) is 2. The summed E-state index contributed by atoms with van der Waals surface area (Å²) in [7, 11) is 0. The normalized spacial score (nSPS) is 9.85. The van der Waals surface area contributed by atoms with Crippen molar-refractivity contribution in [3.8, 4) is 0 Å². The van der Waals surface area contributed by atoms with Gasteiger partial charge in [-0.2, -0.15) is 0 Å². The van der Waals surface area contributed by atoms with Gasteiger partial charge in [0.2, 0.25) is 0 Å². The zero-order valence-electron chi connectivity index (χ0n) is 10.7. The number of benzene rings is 1. The highest BCUT2D eigenvalue weighted by Gasteiger charge is 2.06. The van der Waals surface area contributed by atoms with E-state index in [4.69, 9.17) is 12.2 Å². The minimum absolute atomic E-state index is 0.0617. The average molecular weight is 288 g/mol. The number of anilines is 2. The number of aryl methyl sites for hydroxylation is 1. The van der Waals surface area contributed by atoms with Crippen molar-refractivity contribution in [3.05, 3.63) is 58.3 Å². The van der Waals surface area contributed by atoms with Gasteiger partial charge in [-0.25, -0.2) is 4.98 Å². The second-order valence-electron chi connectivity index (χ2n) is 4.05. The van der Waals surface area contributed by atoms with E-state index in [-0.39, 0.29) is 5.69 Å². The Morgan fingerprint density at radius 1 is 1.25 bits per heavy atom. The van der Waals surface area contributed by atoms with E-state index >= 15 is 0 Å². The van der Waals surface area contributed by atoms with E-state index in [1.165, 1.54) is 18.3 Å². The summed E-state index contributed by atoms with van der Waals surface area (Å²) in [5.74, 6) is 0.446. The summed E-state index contributed by atoms with van der Waals surface area (Å²) in [5.41, 5.74) is 1.90. The van der Waals surface area contributed by atoms with Gasteiger partial charge in [0.05, 0.1) is 4.92 Å². The van der Waals surface area contributed by atoms with Crippen LogP contribution in [0.2, 0.25) is 0 Å². The second-order valence-corrected chi connectivity index (χ2v) is 4.46. The fraction of sp³-hybridized carbons (Fsp3) is 0.0769. The van der Waals surface area contributed by atoms with Crippen LogP contribution in [0.1, 0.15) is 5.56 Å². The zero-order chi connectivity index (χ0) is 14.5. The van der Waals surface area contributed by atoms with Crippen LogP contribution in [0.4, 0.5) is 17.2 Å². The molecule has 6 nitrogen and oxygen atoms in total.